The van der Waals surface area contributed by atoms with E-state index in [-0.39, 0.29) is 57.9 Å². The first-order valence-electron chi connectivity index (χ1n) is 12.3. The maximum atomic E-state index is 13.4. The fourth-order valence-electron chi connectivity index (χ4n) is 4.70. The molecule has 11 heteroatoms. The highest BCUT2D eigenvalue weighted by Crippen LogP contribution is 2.41. The van der Waals surface area contributed by atoms with Crippen molar-refractivity contribution in [3.05, 3.63) is 82.9 Å². The fourth-order valence-corrected chi connectivity index (χ4v) is 5.67. The van der Waals surface area contributed by atoms with Crippen LogP contribution >= 0.6 is 0 Å². The molecular formula is C29H26N4O6S. The van der Waals surface area contributed by atoms with Gasteiger partial charge in [-0.05, 0) is 54.2 Å². The molecule has 0 saturated heterocycles. The van der Waals surface area contributed by atoms with E-state index in [1.165, 1.54) is 26.3 Å². The number of benzene rings is 4. The summed E-state index contributed by atoms with van der Waals surface area (Å²) in [7, 11) is -1.02. The number of anilines is 1. The van der Waals surface area contributed by atoms with Crippen LogP contribution in [-0.4, -0.2) is 39.4 Å². The molecule has 1 amide bonds. The van der Waals surface area contributed by atoms with Gasteiger partial charge in [0.25, 0.3) is 0 Å². The van der Waals surface area contributed by atoms with Crippen LogP contribution in [0.2, 0.25) is 0 Å². The Balaban J connectivity index is 1.54. The first kappa shape index (κ1) is 27.0. The van der Waals surface area contributed by atoms with E-state index < -0.39 is 10.0 Å². The number of rotatable bonds is 8. The number of ketones is 1. The van der Waals surface area contributed by atoms with E-state index in [4.69, 9.17) is 4.74 Å². The Morgan fingerprint density at radius 1 is 1.10 bits per heavy atom. The van der Waals surface area contributed by atoms with Gasteiger partial charge in [0.2, 0.25) is 15.9 Å². The molecule has 1 heterocycles. The van der Waals surface area contributed by atoms with Crippen molar-refractivity contribution in [3.8, 4) is 11.5 Å². The molecule has 0 radical (unpaired) electrons. The van der Waals surface area contributed by atoms with Gasteiger partial charge in [-0.2, -0.15) is 0 Å². The molecule has 4 aromatic carbocycles. The minimum Gasteiger partial charge on any atom is -0.505 e. The largest absolute Gasteiger partial charge is 0.505 e. The number of Topliss-reactive ketones (excluding diaryl/α,β-unsaturated/α-hetero) is 1. The summed E-state index contributed by atoms with van der Waals surface area (Å²) in [5.41, 5.74) is 3.13. The van der Waals surface area contributed by atoms with Gasteiger partial charge >= 0.3 is 0 Å². The van der Waals surface area contributed by atoms with Crippen molar-refractivity contribution < 1.29 is 27.9 Å². The molecular weight excluding hydrogens is 532 g/mol. The molecule has 3 N–H and O–H groups in total. The number of carbonyl (C=O) groups excluding carboxylic acids is 2. The van der Waals surface area contributed by atoms with Crippen molar-refractivity contribution in [1.82, 2.24) is 4.72 Å². The molecule has 5 rings (SSSR count). The number of nitrogens with zero attached hydrogens (tertiary/aromatic N) is 2. The SMILES string of the molecule is CNS(=O)(=O)c1cc(OC)c(N=Nc2c(O)c(C(=O)Cc3ccc4c(c3)CC(=O)N4)cc3ccccc23)cc1C. The van der Waals surface area contributed by atoms with Crippen molar-refractivity contribution in [3.63, 3.8) is 0 Å². The summed E-state index contributed by atoms with van der Waals surface area (Å²) in [5, 5.41) is 23.8. The van der Waals surface area contributed by atoms with E-state index in [1.807, 2.05) is 12.1 Å². The highest BCUT2D eigenvalue weighted by atomic mass is 32.2. The smallest absolute Gasteiger partial charge is 0.240 e. The molecule has 0 saturated carbocycles. The van der Waals surface area contributed by atoms with Crippen molar-refractivity contribution >= 4 is 49.5 Å². The third kappa shape index (κ3) is 5.04. The molecule has 0 aromatic heterocycles. The topological polar surface area (TPSA) is 147 Å². The number of aryl methyl sites for hydroxylation is 1. The summed E-state index contributed by atoms with van der Waals surface area (Å²) in [5.74, 6) is -0.572. The van der Waals surface area contributed by atoms with E-state index >= 15 is 0 Å². The van der Waals surface area contributed by atoms with Crippen molar-refractivity contribution in [1.29, 1.82) is 0 Å². The quantitative estimate of drug-likeness (QED) is 0.202. The van der Waals surface area contributed by atoms with Gasteiger partial charge in [-0.15, -0.1) is 10.2 Å². The Hall–Kier alpha value is -4.61. The van der Waals surface area contributed by atoms with Crippen molar-refractivity contribution in [2.75, 3.05) is 19.5 Å². The normalized spacial score (nSPS) is 13.0. The van der Waals surface area contributed by atoms with Crippen molar-refractivity contribution in [2.45, 2.75) is 24.7 Å². The van der Waals surface area contributed by atoms with Gasteiger partial charge < -0.3 is 15.2 Å². The second-order valence-electron chi connectivity index (χ2n) is 9.36. The molecule has 1 aliphatic heterocycles. The number of nitrogens with one attached hydrogen (secondary N) is 2. The van der Waals surface area contributed by atoms with Crippen LogP contribution in [0.5, 0.6) is 11.5 Å². The number of aromatic hydroxyl groups is 1. The zero-order valence-electron chi connectivity index (χ0n) is 22.0. The van der Waals surface area contributed by atoms with Crippen LogP contribution in [0.3, 0.4) is 0 Å². The lowest BCUT2D eigenvalue weighted by atomic mass is 9.96. The number of carbonyl (C=O) groups is 2. The molecule has 204 valence electrons. The molecule has 4 aromatic rings. The first-order valence-corrected chi connectivity index (χ1v) is 13.8. The monoisotopic (exact) mass is 558 g/mol. The second-order valence-corrected chi connectivity index (χ2v) is 11.2. The number of hydrogen-bond donors (Lipinski definition) is 3. The Morgan fingerprint density at radius 2 is 1.88 bits per heavy atom. The van der Waals surface area contributed by atoms with Gasteiger partial charge in [-0.3, -0.25) is 9.59 Å². The fraction of sp³-hybridized carbons (Fsp3) is 0.172. The number of sulfonamides is 1. The van der Waals surface area contributed by atoms with Crippen LogP contribution in [0.4, 0.5) is 17.1 Å². The van der Waals surface area contributed by atoms with Gasteiger partial charge in [0.1, 0.15) is 17.1 Å². The summed E-state index contributed by atoms with van der Waals surface area (Å²) >= 11 is 0. The average molecular weight is 559 g/mol. The molecule has 0 bridgehead atoms. The highest BCUT2D eigenvalue weighted by molar-refractivity contribution is 7.89. The molecule has 1 aliphatic rings. The zero-order chi connectivity index (χ0) is 28.6. The maximum Gasteiger partial charge on any atom is 0.240 e. The van der Waals surface area contributed by atoms with Crippen molar-refractivity contribution in [2.24, 2.45) is 10.2 Å². The molecule has 0 fully saturated rings. The summed E-state index contributed by atoms with van der Waals surface area (Å²) in [6.07, 6.45) is 0.270. The number of methoxy groups -OCH3 is 1. The van der Waals surface area contributed by atoms with Crippen LogP contribution in [0, 0.1) is 6.92 Å². The average Bonchev–Trinajstić information content (AvgIpc) is 3.31. The predicted octanol–water partition coefficient (Wildman–Crippen LogP) is 5.11. The van der Waals surface area contributed by atoms with Crippen LogP contribution in [-0.2, 0) is 27.7 Å². The first-order chi connectivity index (χ1) is 19.1. The van der Waals surface area contributed by atoms with Crippen LogP contribution in [0.15, 0.2) is 75.8 Å². The molecule has 0 atom stereocenters. The maximum absolute atomic E-state index is 13.4. The third-order valence-electron chi connectivity index (χ3n) is 6.75. The van der Waals surface area contributed by atoms with Crippen LogP contribution in [0.25, 0.3) is 10.8 Å². The Kier molecular flexibility index (Phi) is 7.09. The van der Waals surface area contributed by atoms with E-state index in [2.05, 4.69) is 20.3 Å². The van der Waals surface area contributed by atoms with Gasteiger partial charge in [0.05, 0.1) is 24.0 Å². The molecule has 0 aliphatic carbocycles. The lowest BCUT2D eigenvalue weighted by Gasteiger charge is -2.12. The number of phenols is 1. The van der Waals surface area contributed by atoms with Crippen LogP contribution < -0.4 is 14.8 Å². The zero-order valence-corrected chi connectivity index (χ0v) is 22.8. The third-order valence-corrected chi connectivity index (χ3v) is 8.30. The number of azo groups is 1. The predicted molar refractivity (Wildman–Crippen MR) is 151 cm³/mol. The van der Waals surface area contributed by atoms with Gasteiger partial charge in [-0.1, -0.05) is 36.4 Å². The lowest BCUT2D eigenvalue weighted by Crippen LogP contribution is -2.19. The molecule has 10 nitrogen and oxygen atoms in total. The number of fused-ring (bicyclic) bond motifs is 2. The Labute approximate surface area is 230 Å². The Morgan fingerprint density at radius 3 is 2.62 bits per heavy atom. The Bertz CT molecular complexity index is 1830. The lowest BCUT2D eigenvalue weighted by molar-refractivity contribution is -0.115. The minimum atomic E-state index is -3.73. The summed E-state index contributed by atoms with van der Waals surface area (Å²) in [6.45, 7) is 1.62. The van der Waals surface area contributed by atoms with E-state index in [0.717, 1.165) is 11.3 Å². The van der Waals surface area contributed by atoms with E-state index in [0.29, 0.717) is 21.9 Å². The van der Waals surface area contributed by atoms with Gasteiger partial charge in [0, 0.05) is 23.6 Å². The highest BCUT2D eigenvalue weighted by Gasteiger charge is 2.22. The molecule has 0 unspecified atom stereocenters. The number of hydrogen-bond acceptors (Lipinski definition) is 8. The second kappa shape index (κ2) is 10.5. The number of phenolic OH excluding ortho intramolecular Hbond substituents is 1. The van der Waals surface area contributed by atoms with E-state index in [9.17, 15) is 23.1 Å². The van der Waals surface area contributed by atoms with E-state index in [1.54, 1.807) is 43.3 Å². The molecule has 40 heavy (non-hydrogen) atoms. The summed E-state index contributed by atoms with van der Waals surface area (Å²) in [4.78, 5) is 25.1. The standard InChI is InChI=1S/C29H26N4O6S/c1-16-10-23(25(39-3)15-26(16)40(37,38)30-2)32-33-28-20-7-5-4-6-18(20)13-21(29(28)36)24(34)12-17-8-9-22-19(11-17)14-27(35)31-22/h4-11,13,15,30,36H,12,14H2,1-3H3,(H,31,35). The minimum absolute atomic E-state index is 0.0123. The molecule has 0 spiro atoms. The summed E-state index contributed by atoms with van der Waals surface area (Å²) < 4.78 is 32.4. The van der Waals surface area contributed by atoms with Gasteiger partial charge in [0.15, 0.2) is 11.5 Å². The number of ether oxygens (including phenoxy) is 1. The van der Waals surface area contributed by atoms with Gasteiger partial charge in [-0.25, -0.2) is 13.1 Å². The number of amides is 1. The summed E-state index contributed by atoms with van der Waals surface area (Å²) in [6, 6.07) is 17.0. The van der Waals surface area contributed by atoms with Crippen LogP contribution in [0.1, 0.15) is 27.0 Å².